The van der Waals surface area contributed by atoms with Crippen LogP contribution in [0.4, 0.5) is 34.1 Å². The van der Waals surface area contributed by atoms with Gasteiger partial charge >= 0.3 is 0 Å². The van der Waals surface area contributed by atoms with E-state index in [0.717, 1.165) is 11.8 Å². The van der Waals surface area contributed by atoms with E-state index in [-0.39, 0.29) is 23.0 Å². The number of hydrogen-bond donors (Lipinski definition) is 0. The van der Waals surface area contributed by atoms with Crippen LogP contribution in [0.5, 0.6) is 0 Å². The summed E-state index contributed by atoms with van der Waals surface area (Å²) < 4.78 is 0. The Morgan fingerprint density at radius 2 is 1.08 bits per heavy atom. The topological polar surface area (TPSA) is 6.48 Å². The van der Waals surface area contributed by atoms with Gasteiger partial charge in [-0.3, -0.25) is 0 Å². The fourth-order valence-electron chi connectivity index (χ4n) is 16.4. The molecule has 1 spiro atoms. The molecule has 8 aromatic rings. The molecular weight excluding hydrogens is 884 g/mol. The molecule has 0 aromatic heterocycles. The van der Waals surface area contributed by atoms with Gasteiger partial charge in [0.25, 0.3) is 6.71 Å². The molecule has 0 radical (unpaired) electrons. The maximum absolute atomic E-state index is 2.78. The van der Waals surface area contributed by atoms with Gasteiger partial charge in [-0.2, -0.15) is 0 Å². The van der Waals surface area contributed by atoms with Crippen molar-refractivity contribution in [3.63, 3.8) is 0 Å². The van der Waals surface area contributed by atoms with E-state index in [1.165, 1.54) is 127 Å². The van der Waals surface area contributed by atoms with Crippen molar-refractivity contribution in [2.45, 2.75) is 103 Å². The Morgan fingerprint density at radius 3 is 1.85 bits per heavy atom. The van der Waals surface area contributed by atoms with E-state index in [2.05, 4.69) is 228 Å². The minimum absolute atomic E-state index is 0.00620. The van der Waals surface area contributed by atoms with E-state index in [9.17, 15) is 0 Å². The van der Waals surface area contributed by atoms with Crippen LogP contribution in [0, 0.1) is 23.7 Å². The number of nitrogens with zero attached hydrogens (tertiary/aromatic N) is 2. The largest absolute Gasteiger partial charge is 0.311 e. The molecule has 354 valence electrons. The highest BCUT2D eigenvalue weighted by Gasteiger charge is 2.62. The quantitative estimate of drug-likeness (QED) is 0.163. The lowest BCUT2D eigenvalue weighted by atomic mass is 9.32. The molecule has 4 aliphatic heterocycles. The normalized spacial score (nSPS) is 23.1. The highest BCUT2D eigenvalue weighted by molar-refractivity contribution is 7.04. The first-order chi connectivity index (χ1) is 34.7. The fourth-order valence-corrected chi connectivity index (χ4v) is 19.5. The summed E-state index contributed by atoms with van der Waals surface area (Å²) in [6, 6.07) is 65.4. The predicted octanol–water partition coefficient (Wildman–Crippen LogP) is 14.6. The van der Waals surface area contributed by atoms with Crippen LogP contribution in [-0.2, 0) is 16.2 Å². The van der Waals surface area contributed by atoms with E-state index < -0.39 is 8.07 Å². The average Bonchev–Trinajstić information content (AvgIpc) is 3.62. The van der Waals surface area contributed by atoms with Crippen molar-refractivity contribution in [3.05, 3.63) is 186 Å². The predicted molar refractivity (Wildman–Crippen MR) is 309 cm³/mol. The van der Waals surface area contributed by atoms with Crippen LogP contribution in [0.25, 0.3) is 33.4 Å². The van der Waals surface area contributed by atoms with Gasteiger partial charge in [0, 0.05) is 33.9 Å². The Bertz CT molecular complexity index is 3610. The highest BCUT2D eigenvalue weighted by Crippen LogP contribution is 2.70. The molecule has 0 amide bonds. The van der Waals surface area contributed by atoms with Gasteiger partial charge in [0.05, 0.1) is 5.69 Å². The summed E-state index contributed by atoms with van der Waals surface area (Å²) in [4.78, 5) is 5.43. The Kier molecular flexibility index (Phi) is 8.80. The van der Waals surface area contributed by atoms with Gasteiger partial charge in [0.1, 0.15) is 8.07 Å². The lowest BCUT2D eigenvalue weighted by Gasteiger charge is -2.64. The maximum atomic E-state index is 2.78. The van der Waals surface area contributed by atoms with Gasteiger partial charge in [-0.25, -0.2) is 0 Å². The third kappa shape index (κ3) is 5.79. The van der Waals surface area contributed by atoms with E-state index >= 15 is 0 Å². The third-order valence-corrected chi connectivity index (χ3v) is 23.0. The van der Waals surface area contributed by atoms with Crippen molar-refractivity contribution < 1.29 is 0 Å². The second-order valence-electron chi connectivity index (χ2n) is 25.8. The molecule has 8 aliphatic rings. The molecule has 4 aliphatic carbocycles. The maximum Gasteiger partial charge on any atom is 0.252 e. The van der Waals surface area contributed by atoms with E-state index in [0.29, 0.717) is 11.8 Å². The van der Waals surface area contributed by atoms with Gasteiger partial charge in [-0.05, 0) is 191 Å². The summed E-state index contributed by atoms with van der Waals surface area (Å²) in [7, 11) is -1.86. The molecule has 72 heavy (non-hydrogen) atoms. The summed E-state index contributed by atoms with van der Waals surface area (Å²) in [5, 5.41) is 3.10. The molecule has 16 rings (SSSR count). The van der Waals surface area contributed by atoms with Crippen LogP contribution in [0.1, 0.15) is 95.9 Å². The number of rotatable bonds is 3. The van der Waals surface area contributed by atoms with E-state index in [1.54, 1.807) is 21.5 Å². The molecule has 4 saturated carbocycles. The Labute approximate surface area is 429 Å². The van der Waals surface area contributed by atoms with Crippen molar-refractivity contribution in [1.82, 2.24) is 0 Å². The lowest BCUT2D eigenvalue weighted by molar-refractivity contribution is -0.0419. The Balaban J connectivity index is 1.00. The van der Waals surface area contributed by atoms with E-state index in [4.69, 9.17) is 0 Å². The molecule has 4 heterocycles. The zero-order chi connectivity index (χ0) is 48.8. The minimum atomic E-state index is -1.86. The highest BCUT2D eigenvalue weighted by atomic mass is 28.3. The van der Waals surface area contributed by atoms with Crippen LogP contribution in [0.15, 0.2) is 164 Å². The molecular formula is C68H65BN2Si. The molecule has 4 fully saturated rings. The molecule has 0 saturated heterocycles. The first-order valence-corrected chi connectivity index (χ1v) is 30.3. The van der Waals surface area contributed by atoms with Gasteiger partial charge in [0.15, 0.2) is 0 Å². The Hall–Kier alpha value is -6.36. The fraction of sp³-hybridized carbons (Fsp3) is 0.294. The smallest absolute Gasteiger partial charge is 0.252 e. The summed E-state index contributed by atoms with van der Waals surface area (Å²) in [6.45, 7) is 19.3. The molecule has 8 aromatic carbocycles. The van der Waals surface area contributed by atoms with Crippen molar-refractivity contribution in [2.75, 3.05) is 9.80 Å². The molecule has 0 unspecified atom stereocenters. The number of fused-ring (bicyclic) bond motifs is 9. The van der Waals surface area contributed by atoms with Gasteiger partial charge in [-0.15, -0.1) is 0 Å². The van der Waals surface area contributed by atoms with Crippen molar-refractivity contribution in [3.8, 4) is 33.4 Å². The molecule has 0 N–H and O–H groups in total. The monoisotopic (exact) mass is 949 g/mol. The zero-order valence-electron chi connectivity index (χ0n) is 43.4. The van der Waals surface area contributed by atoms with E-state index in [1.807, 2.05) is 0 Å². The number of para-hydroxylation sites is 2. The molecule has 2 nitrogen and oxygen atoms in total. The van der Waals surface area contributed by atoms with Gasteiger partial charge < -0.3 is 9.80 Å². The van der Waals surface area contributed by atoms with Crippen LogP contribution < -0.4 is 36.6 Å². The van der Waals surface area contributed by atoms with Crippen molar-refractivity contribution in [2.24, 2.45) is 23.7 Å². The standard InChI is InChI=1S/C68H65BN2Si/c1-66(2,3)47-18-14-19-51(39-47)70-59-29-27-48(67(4,5)6)40-57(59)69-56-23-15-22-55-65(56)71(58-24-11-10-21-54(58)68(55)49-31-41-30-42(33-49)34-50(68)32-41)61-37-46(36-60(70)64(61)69)44-17-13-16-43(35-44)45-26-28-53-52-20-9-12-25-62(52)72(7,8)63(53)38-45/h9-29,35-42,49-50H,30-34H2,1-8H3. The van der Waals surface area contributed by atoms with Gasteiger partial charge in [-0.1, -0.05) is 176 Å². The summed E-state index contributed by atoms with van der Waals surface area (Å²) in [6.07, 6.45) is 6.92. The molecule has 0 atom stereocenters. The lowest BCUT2D eigenvalue weighted by Crippen LogP contribution is -2.64. The van der Waals surface area contributed by atoms with Crippen LogP contribution in [0.2, 0.25) is 13.1 Å². The minimum Gasteiger partial charge on any atom is -0.311 e. The average molecular weight is 949 g/mol. The zero-order valence-corrected chi connectivity index (χ0v) is 44.4. The van der Waals surface area contributed by atoms with Crippen LogP contribution in [0.3, 0.4) is 0 Å². The van der Waals surface area contributed by atoms with Crippen LogP contribution in [-0.4, -0.2) is 14.8 Å². The molecule has 4 heteroatoms. The summed E-state index contributed by atoms with van der Waals surface area (Å²) in [5.74, 6) is 3.12. The summed E-state index contributed by atoms with van der Waals surface area (Å²) >= 11 is 0. The summed E-state index contributed by atoms with van der Waals surface area (Å²) in [5.41, 5.74) is 26.2. The van der Waals surface area contributed by atoms with Crippen molar-refractivity contribution >= 4 is 75.7 Å². The second-order valence-corrected chi connectivity index (χ2v) is 30.1. The number of anilines is 6. The molecule has 4 bridgehead atoms. The third-order valence-electron chi connectivity index (χ3n) is 19.5. The first kappa shape index (κ1) is 43.2. The number of hydrogen-bond acceptors (Lipinski definition) is 2. The van der Waals surface area contributed by atoms with Crippen LogP contribution >= 0.6 is 0 Å². The SMILES string of the molecule is CC(C)(C)c1cccc(N2c3ccc(C(C)(C)C)cc3B3c4cccc5c4N(c4ccccc4C54C5CC6CC(C5)CC4C6)c4cc(-c5cccc(-c6ccc7c(c6)[Si](C)(C)c6ccccc6-7)c5)cc2c43)c1. The Morgan fingerprint density at radius 1 is 0.458 bits per heavy atom. The second kappa shape index (κ2) is 14.7. The van der Waals surface area contributed by atoms with Gasteiger partial charge in [0.2, 0.25) is 0 Å². The first-order valence-electron chi connectivity index (χ1n) is 27.3. The van der Waals surface area contributed by atoms with Crippen molar-refractivity contribution in [1.29, 1.82) is 0 Å². The number of benzene rings is 8.